The van der Waals surface area contributed by atoms with E-state index in [2.05, 4.69) is 16.7 Å². The second kappa shape index (κ2) is 10.4. The maximum atomic E-state index is 13.0. The van der Waals surface area contributed by atoms with Gasteiger partial charge in [-0.25, -0.2) is 0 Å². The smallest absolute Gasteiger partial charge is 0.233 e. The summed E-state index contributed by atoms with van der Waals surface area (Å²) in [6.45, 7) is 0.389. The minimum atomic E-state index is -0.798. The van der Waals surface area contributed by atoms with Crippen LogP contribution in [0.1, 0.15) is 48.8 Å². The summed E-state index contributed by atoms with van der Waals surface area (Å²) in [4.78, 5) is 25.9. The van der Waals surface area contributed by atoms with Gasteiger partial charge in [-0.15, -0.1) is 0 Å². The van der Waals surface area contributed by atoms with Crippen LogP contribution in [0.2, 0.25) is 0 Å². The Balaban J connectivity index is 1.69. The van der Waals surface area contributed by atoms with Crippen molar-refractivity contribution in [1.29, 1.82) is 5.26 Å². The molecule has 1 aliphatic rings. The highest BCUT2D eigenvalue weighted by molar-refractivity contribution is 6.00. The first-order valence-corrected chi connectivity index (χ1v) is 10.3. The van der Waals surface area contributed by atoms with Crippen LogP contribution in [-0.2, 0) is 22.6 Å². The molecular weight excluding hydrogens is 362 g/mol. The Bertz CT molecular complexity index is 850. The highest BCUT2D eigenvalue weighted by Gasteiger charge is 2.29. The number of nitrogens with zero attached hydrogens (tertiary/aromatic N) is 1. The van der Waals surface area contributed by atoms with Gasteiger partial charge in [0.1, 0.15) is 5.92 Å². The standard InChI is InChI=1S/C24H27N3O2/c25-16-19-13-11-18(12-14-19)15-22(24(29)27-21-9-5-2-6-10-21)23(28)26-17-20-7-3-1-4-8-20/h1,3-4,7-8,11-14,21-22H,2,5-6,9-10,15,17H2,(H,26,28)(H,27,29)/t22-/m1/s1. The molecule has 1 aliphatic carbocycles. The second-order valence-corrected chi connectivity index (χ2v) is 7.61. The lowest BCUT2D eigenvalue weighted by Crippen LogP contribution is -2.46. The molecule has 0 heterocycles. The van der Waals surface area contributed by atoms with E-state index in [-0.39, 0.29) is 17.9 Å². The van der Waals surface area contributed by atoms with Crippen molar-refractivity contribution in [2.24, 2.45) is 5.92 Å². The van der Waals surface area contributed by atoms with Crippen molar-refractivity contribution in [2.75, 3.05) is 0 Å². The van der Waals surface area contributed by atoms with Gasteiger partial charge in [-0.3, -0.25) is 9.59 Å². The Kier molecular flexibility index (Phi) is 7.40. The van der Waals surface area contributed by atoms with Gasteiger partial charge in [-0.2, -0.15) is 5.26 Å². The van der Waals surface area contributed by atoms with Gasteiger partial charge in [0.05, 0.1) is 11.6 Å². The second-order valence-electron chi connectivity index (χ2n) is 7.61. The summed E-state index contributed by atoms with van der Waals surface area (Å²) in [5.74, 6) is -1.29. The number of hydrogen-bond acceptors (Lipinski definition) is 3. The highest BCUT2D eigenvalue weighted by atomic mass is 16.2. The van der Waals surface area contributed by atoms with E-state index in [0.29, 0.717) is 18.5 Å². The molecule has 0 spiro atoms. The summed E-state index contributed by atoms with van der Waals surface area (Å²) in [6, 6.07) is 18.9. The molecule has 0 bridgehead atoms. The van der Waals surface area contributed by atoms with Crippen LogP contribution in [0.15, 0.2) is 54.6 Å². The number of amides is 2. The van der Waals surface area contributed by atoms with E-state index in [0.717, 1.165) is 36.8 Å². The zero-order valence-corrected chi connectivity index (χ0v) is 16.6. The highest BCUT2D eigenvalue weighted by Crippen LogP contribution is 2.19. The first-order valence-electron chi connectivity index (χ1n) is 10.3. The molecule has 29 heavy (non-hydrogen) atoms. The average molecular weight is 389 g/mol. The number of benzene rings is 2. The van der Waals surface area contributed by atoms with Crippen molar-refractivity contribution in [3.63, 3.8) is 0 Å². The van der Waals surface area contributed by atoms with Gasteiger partial charge in [-0.05, 0) is 42.5 Å². The maximum Gasteiger partial charge on any atom is 0.233 e. The van der Waals surface area contributed by atoms with Gasteiger partial charge < -0.3 is 10.6 Å². The molecule has 5 heteroatoms. The zero-order chi connectivity index (χ0) is 20.5. The molecule has 2 N–H and O–H groups in total. The molecule has 2 aromatic rings. The van der Waals surface area contributed by atoms with Gasteiger partial charge >= 0.3 is 0 Å². The Morgan fingerprint density at radius 2 is 1.62 bits per heavy atom. The Hall–Kier alpha value is -3.13. The molecule has 5 nitrogen and oxygen atoms in total. The number of carbonyl (C=O) groups is 2. The minimum absolute atomic E-state index is 0.154. The van der Waals surface area contributed by atoms with Crippen LogP contribution in [0.5, 0.6) is 0 Å². The zero-order valence-electron chi connectivity index (χ0n) is 16.6. The lowest BCUT2D eigenvalue weighted by Gasteiger charge is -2.25. The molecule has 1 saturated carbocycles. The van der Waals surface area contributed by atoms with Gasteiger partial charge in [-0.1, -0.05) is 61.7 Å². The van der Waals surface area contributed by atoms with E-state index in [1.165, 1.54) is 6.42 Å². The van der Waals surface area contributed by atoms with Crippen molar-refractivity contribution in [1.82, 2.24) is 10.6 Å². The minimum Gasteiger partial charge on any atom is -0.353 e. The molecule has 2 aromatic carbocycles. The largest absolute Gasteiger partial charge is 0.353 e. The summed E-state index contributed by atoms with van der Waals surface area (Å²) < 4.78 is 0. The van der Waals surface area contributed by atoms with E-state index in [4.69, 9.17) is 5.26 Å². The fourth-order valence-corrected chi connectivity index (χ4v) is 3.71. The van der Waals surface area contributed by atoms with Gasteiger partial charge in [0.25, 0.3) is 0 Å². The normalized spacial score (nSPS) is 15.1. The lowest BCUT2D eigenvalue weighted by atomic mass is 9.93. The number of carbonyl (C=O) groups excluding carboxylic acids is 2. The predicted octanol–water partition coefficient (Wildman–Crippen LogP) is 3.48. The molecule has 0 radical (unpaired) electrons. The third-order valence-corrected chi connectivity index (χ3v) is 5.42. The molecular formula is C24H27N3O2. The van der Waals surface area contributed by atoms with Crippen molar-refractivity contribution in [2.45, 2.75) is 51.1 Å². The van der Waals surface area contributed by atoms with Crippen molar-refractivity contribution in [3.8, 4) is 6.07 Å². The molecule has 3 rings (SSSR count). The Morgan fingerprint density at radius 1 is 0.931 bits per heavy atom. The third-order valence-electron chi connectivity index (χ3n) is 5.42. The Morgan fingerprint density at radius 3 is 2.28 bits per heavy atom. The van der Waals surface area contributed by atoms with Crippen LogP contribution in [0.3, 0.4) is 0 Å². The summed E-state index contributed by atoms with van der Waals surface area (Å²) in [5, 5.41) is 15.0. The van der Waals surface area contributed by atoms with Crippen LogP contribution in [0.25, 0.3) is 0 Å². The summed E-state index contributed by atoms with van der Waals surface area (Å²) >= 11 is 0. The summed E-state index contributed by atoms with van der Waals surface area (Å²) in [7, 11) is 0. The first-order chi connectivity index (χ1) is 14.2. The quantitative estimate of drug-likeness (QED) is 0.711. The molecule has 0 unspecified atom stereocenters. The number of hydrogen-bond donors (Lipinski definition) is 2. The van der Waals surface area contributed by atoms with Gasteiger partial charge in [0.15, 0.2) is 0 Å². The first kappa shape index (κ1) is 20.6. The fraction of sp³-hybridized carbons (Fsp3) is 0.375. The van der Waals surface area contributed by atoms with E-state index < -0.39 is 5.92 Å². The van der Waals surface area contributed by atoms with Crippen molar-refractivity contribution < 1.29 is 9.59 Å². The Labute approximate surface area is 172 Å². The van der Waals surface area contributed by atoms with Crippen molar-refractivity contribution in [3.05, 3.63) is 71.3 Å². The molecule has 0 aromatic heterocycles. The van der Waals surface area contributed by atoms with Crippen LogP contribution >= 0.6 is 0 Å². The van der Waals surface area contributed by atoms with E-state index in [1.807, 2.05) is 42.5 Å². The number of nitriles is 1. The summed E-state index contributed by atoms with van der Waals surface area (Å²) in [6.07, 6.45) is 5.70. The van der Waals surface area contributed by atoms with Crippen molar-refractivity contribution >= 4 is 11.8 Å². The molecule has 150 valence electrons. The van der Waals surface area contributed by atoms with Gasteiger partial charge in [0, 0.05) is 12.6 Å². The van der Waals surface area contributed by atoms with Crippen LogP contribution in [-0.4, -0.2) is 17.9 Å². The lowest BCUT2D eigenvalue weighted by molar-refractivity contribution is -0.135. The van der Waals surface area contributed by atoms with Gasteiger partial charge in [0.2, 0.25) is 11.8 Å². The average Bonchev–Trinajstić information content (AvgIpc) is 2.77. The van der Waals surface area contributed by atoms with E-state index >= 15 is 0 Å². The SMILES string of the molecule is N#Cc1ccc(C[C@H](C(=O)NCc2ccccc2)C(=O)NC2CCCCC2)cc1. The number of rotatable bonds is 7. The number of nitrogens with one attached hydrogen (secondary N) is 2. The van der Waals surface area contributed by atoms with Crippen LogP contribution in [0.4, 0.5) is 0 Å². The molecule has 0 saturated heterocycles. The monoisotopic (exact) mass is 389 g/mol. The van der Waals surface area contributed by atoms with E-state index in [1.54, 1.807) is 12.1 Å². The maximum absolute atomic E-state index is 13.0. The molecule has 0 aliphatic heterocycles. The predicted molar refractivity (Wildman–Crippen MR) is 112 cm³/mol. The molecule has 1 atom stereocenters. The molecule has 1 fully saturated rings. The topological polar surface area (TPSA) is 82.0 Å². The van der Waals surface area contributed by atoms with E-state index in [9.17, 15) is 9.59 Å². The summed E-state index contributed by atoms with van der Waals surface area (Å²) in [5.41, 5.74) is 2.42. The van der Waals surface area contributed by atoms with Crippen LogP contribution < -0.4 is 10.6 Å². The fourth-order valence-electron chi connectivity index (χ4n) is 3.71. The third kappa shape index (κ3) is 6.18. The van der Waals surface area contributed by atoms with Crippen LogP contribution in [0, 0.1) is 17.2 Å². The molecule has 2 amide bonds.